The van der Waals surface area contributed by atoms with Crippen molar-refractivity contribution in [2.24, 2.45) is 0 Å². The van der Waals surface area contributed by atoms with Gasteiger partial charge in [-0.05, 0) is 72.5 Å². The summed E-state index contributed by atoms with van der Waals surface area (Å²) in [6.07, 6.45) is 1.16. The monoisotopic (exact) mass is 590 g/mol. The van der Waals surface area contributed by atoms with Crippen LogP contribution in [0.3, 0.4) is 0 Å². The first-order valence-corrected chi connectivity index (χ1v) is 15.1. The van der Waals surface area contributed by atoms with Crippen molar-refractivity contribution >= 4 is 43.9 Å². The number of amides is 1. The molecule has 41 heavy (non-hydrogen) atoms. The fourth-order valence-corrected chi connectivity index (χ4v) is 7.77. The first kappa shape index (κ1) is 26.9. The van der Waals surface area contributed by atoms with E-state index >= 15 is 0 Å². The number of benzene rings is 3. The van der Waals surface area contributed by atoms with Gasteiger partial charge >= 0.3 is 5.97 Å². The number of anilines is 2. The molecular weight excluding hydrogens is 564 g/mol. The van der Waals surface area contributed by atoms with E-state index in [1.807, 2.05) is 43.3 Å². The molecule has 0 bridgehead atoms. The Hall–Kier alpha value is -4.35. The van der Waals surface area contributed by atoms with E-state index < -0.39 is 21.9 Å². The van der Waals surface area contributed by atoms with Gasteiger partial charge in [-0.15, -0.1) is 11.3 Å². The second-order valence-corrected chi connectivity index (χ2v) is 12.6. The molecule has 1 amide bonds. The van der Waals surface area contributed by atoms with Gasteiger partial charge in [-0.25, -0.2) is 13.2 Å². The number of para-hydroxylation sites is 1. The highest BCUT2D eigenvalue weighted by atomic mass is 32.2. The number of ether oxygens (including phenoxy) is 3. The summed E-state index contributed by atoms with van der Waals surface area (Å²) < 4.78 is 43.9. The van der Waals surface area contributed by atoms with Crippen LogP contribution in [-0.2, 0) is 27.6 Å². The summed E-state index contributed by atoms with van der Waals surface area (Å²) in [6, 6.07) is 18.9. The number of carbonyl (C=O) groups excluding carboxylic acids is 2. The molecule has 0 aliphatic carbocycles. The van der Waals surface area contributed by atoms with E-state index in [-0.39, 0.29) is 22.8 Å². The van der Waals surface area contributed by atoms with Crippen LogP contribution in [0.15, 0.2) is 71.6 Å². The normalized spacial score (nSPS) is 13.7. The summed E-state index contributed by atoms with van der Waals surface area (Å²) in [5, 5.41) is 3.19. The van der Waals surface area contributed by atoms with Gasteiger partial charge in [0.15, 0.2) is 11.5 Å². The number of carbonyl (C=O) groups is 2. The van der Waals surface area contributed by atoms with Crippen LogP contribution in [0, 0.1) is 6.92 Å². The molecule has 9 nitrogen and oxygen atoms in total. The maximum Gasteiger partial charge on any atom is 0.341 e. The van der Waals surface area contributed by atoms with E-state index in [2.05, 4.69) is 5.32 Å². The van der Waals surface area contributed by atoms with Gasteiger partial charge in [-0.3, -0.25) is 9.10 Å². The van der Waals surface area contributed by atoms with E-state index in [4.69, 9.17) is 14.2 Å². The standard InChI is InChI=1S/C30H26N2O7S2/c1-18-26(16-19-7-12-24-25(15-19)39-17-38-24)40-29(27(18)30(34)37-2)31-28(33)21-8-10-22(11-9-21)41(35,36)32-14-13-20-5-3-4-6-23(20)32/h3-12,15H,13-14,16-17H2,1-2H3,(H,31,33). The first-order valence-electron chi connectivity index (χ1n) is 12.9. The zero-order chi connectivity index (χ0) is 28.7. The summed E-state index contributed by atoms with van der Waals surface area (Å²) in [7, 11) is -2.49. The number of hydrogen-bond acceptors (Lipinski definition) is 8. The molecule has 0 saturated heterocycles. The van der Waals surface area contributed by atoms with Crippen molar-refractivity contribution in [3.8, 4) is 11.5 Å². The highest BCUT2D eigenvalue weighted by molar-refractivity contribution is 7.92. The van der Waals surface area contributed by atoms with E-state index in [9.17, 15) is 18.0 Å². The Labute approximate surface area is 241 Å². The SMILES string of the molecule is COC(=O)c1c(NC(=O)c2ccc(S(=O)(=O)N3CCc4ccccc43)cc2)sc(Cc2ccc3c(c2)OCO3)c1C. The fourth-order valence-electron chi connectivity index (χ4n) is 5.04. The number of nitrogens with zero attached hydrogens (tertiary/aromatic N) is 1. The molecule has 1 aromatic heterocycles. The molecule has 2 aliphatic rings. The Balaban J connectivity index is 1.23. The number of methoxy groups -OCH3 is 1. The molecule has 6 rings (SSSR count). The van der Waals surface area contributed by atoms with Gasteiger partial charge in [-0.2, -0.15) is 0 Å². The highest BCUT2D eigenvalue weighted by Crippen LogP contribution is 2.38. The molecule has 0 fully saturated rings. The second-order valence-electron chi connectivity index (χ2n) is 9.64. The van der Waals surface area contributed by atoms with Gasteiger partial charge in [0.25, 0.3) is 15.9 Å². The lowest BCUT2D eigenvalue weighted by atomic mass is 10.1. The van der Waals surface area contributed by atoms with Gasteiger partial charge in [0, 0.05) is 23.4 Å². The Bertz CT molecular complexity index is 1780. The topological polar surface area (TPSA) is 111 Å². The number of hydrogen-bond donors (Lipinski definition) is 1. The van der Waals surface area contributed by atoms with E-state index in [1.165, 1.54) is 47.0 Å². The Morgan fingerprint density at radius 2 is 1.78 bits per heavy atom. The van der Waals surface area contributed by atoms with Crippen LogP contribution in [0.5, 0.6) is 11.5 Å². The van der Waals surface area contributed by atoms with E-state index in [1.54, 1.807) is 6.07 Å². The van der Waals surface area contributed by atoms with Crippen molar-refractivity contribution in [1.82, 2.24) is 0 Å². The third-order valence-electron chi connectivity index (χ3n) is 7.21. The molecule has 0 radical (unpaired) electrons. The molecule has 3 heterocycles. The van der Waals surface area contributed by atoms with Gasteiger partial charge < -0.3 is 19.5 Å². The lowest BCUT2D eigenvalue weighted by Gasteiger charge is -2.19. The zero-order valence-corrected chi connectivity index (χ0v) is 23.9. The molecule has 0 unspecified atom stereocenters. The second kappa shape index (κ2) is 10.6. The predicted octanol–water partition coefficient (Wildman–Crippen LogP) is 5.17. The quantitative estimate of drug-likeness (QED) is 0.296. The molecular formula is C30H26N2O7S2. The average Bonchev–Trinajstić information content (AvgIpc) is 3.70. The van der Waals surface area contributed by atoms with Crippen molar-refractivity contribution in [2.45, 2.75) is 24.7 Å². The molecule has 0 saturated carbocycles. The molecule has 210 valence electrons. The third kappa shape index (κ3) is 4.91. The molecule has 0 atom stereocenters. The Morgan fingerprint density at radius 3 is 2.56 bits per heavy atom. The molecule has 11 heteroatoms. The smallest absolute Gasteiger partial charge is 0.341 e. The van der Waals surface area contributed by atoms with Crippen molar-refractivity contribution in [3.63, 3.8) is 0 Å². The van der Waals surface area contributed by atoms with Gasteiger partial charge in [0.1, 0.15) is 5.00 Å². The maximum atomic E-state index is 13.3. The minimum Gasteiger partial charge on any atom is -0.465 e. The molecule has 2 aliphatic heterocycles. The number of esters is 1. The number of rotatable bonds is 7. The minimum absolute atomic E-state index is 0.0963. The van der Waals surface area contributed by atoms with Crippen molar-refractivity contribution in [1.29, 1.82) is 0 Å². The lowest BCUT2D eigenvalue weighted by molar-refractivity contribution is 0.0601. The molecule has 1 N–H and O–H groups in total. The predicted molar refractivity (Wildman–Crippen MR) is 155 cm³/mol. The summed E-state index contributed by atoms with van der Waals surface area (Å²) in [5.41, 5.74) is 3.87. The number of sulfonamides is 1. The fraction of sp³-hybridized carbons (Fsp3) is 0.200. The average molecular weight is 591 g/mol. The number of nitrogens with one attached hydrogen (secondary N) is 1. The number of fused-ring (bicyclic) bond motifs is 2. The summed E-state index contributed by atoms with van der Waals surface area (Å²) in [6.45, 7) is 2.36. The van der Waals surface area contributed by atoms with Gasteiger partial charge in [-0.1, -0.05) is 24.3 Å². The minimum atomic E-state index is -3.79. The van der Waals surface area contributed by atoms with Crippen molar-refractivity contribution in [2.75, 3.05) is 30.1 Å². The maximum absolute atomic E-state index is 13.3. The molecule has 0 spiro atoms. The van der Waals surface area contributed by atoms with Crippen molar-refractivity contribution < 1.29 is 32.2 Å². The van der Waals surface area contributed by atoms with Crippen molar-refractivity contribution in [3.05, 3.63) is 99.4 Å². The van der Waals surface area contributed by atoms with Crippen LogP contribution < -0.4 is 19.1 Å². The van der Waals surface area contributed by atoms with E-state index in [0.29, 0.717) is 47.1 Å². The molecule has 3 aromatic carbocycles. The summed E-state index contributed by atoms with van der Waals surface area (Å²) >= 11 is 1.29. The van der Waals surface area contributed by atoms with Gasteiger partial charge in [0.05, 0.1) is 23.3 Å². The van der Waals surface area contributed by atoms with Crippen LogP contribution in [0.2, 0.25) is 0 Å². The third-order valence-corrected chi connectivity index (χ3v) is 10.2. The number of thiophene rings is 1. The highest BCUT2D eigenvalue weighted by Gasteiger charge is 2.31. The Morgan fingerprint density at radius 1 is 1.02 bits per heavy atom. The summed E-state index contributed by atoms with van der Waals surface area (Å²) in [4.78, 5) is 26.9. The van der Waals surface area contributed by atoms with Crippen LogP contribution in [0.1, 0.15) is 42.3 Å². The van der Waals surface area contributed by atoms with Crippen LogP contribution in [-0.4, -0.2) is 40.7 Å². The van der Waals surface area contributed by atoms with Crippen LogP contribution >= 0.6 is 11.3 Å². The lowest BCUT2D eigenvalue weighted by Crippen LogP contribution is -2.29. The zero-order valence-electron chi connectivity index (χ0n) is 22.3. The Kier molecular flexibility index (Phi) is 6.92. The van der Waals surface area contributed by atoms with Crippen LogP contribution in [0.4, 0.5) is 10.7 Å². The first-order chi connectivity index (χ1) is 19.8. The molecule has 4 aromatic rings. The largest absolute Gasteiger partial charge is 0.465 e. The summed E-state index contributed by atoms with van der Waals surface area (Å²) in [5.74, 6) is 0.321. The van der Waals surface area contributed by atoms with Gasteiger partial charge in [0.2, 0.25) is 6.79 Å². The van der Waals surface area contributed by atoms with Crippen LogP contribution in [0.25, 0.3) is 0 Å². The van der Waals surface area contributed by atoms with E-state index in [0.717, 1.165) is 16.0 Å².